The third kappa shape index (κ3) is 3.98. The van der Waals surface area contributed by atoms with E-state index in [4.69, 9.17) is 14.2 Å². The van der Waals surface area contributed by atoms with Crippen LogP contribution in [0.1, 0.15) is 6.92 Å². The Hall–Kier alpha value is -3.79. The average molecular weight is 398 g/mol. The molecule has 0 spiro atoms. The number of fused-ring (bicyclic) bond motifs is 2. The predicted molar refractivity (Wildman–Crippen MR) is 119 cm³/mol. The molecule has 0 aliphatic heterocycles. The molecule has 150 valence electrons. The molecule has 0 saturated carbocycles. The molecule has 0 atom stereocenters. The number of hydrogen-bond acceptors (Lipinski definition) is 4. The van der Waals surface area contributed by atoms with Gasteiger partial charge in [-0.1, -0.05) is 73.3 Å². The van der Waals surface area contributed by atoms with Crippen LogP contribution in [-0.2, 0) is 4.79 Å². The molecule has 0 aromatic heterocycles. The van der Waals surface area contributed by atoms with E-state index in [0.29, 0.717) is 24.5 Å². The van der Waals surface area contributed by atoms with Crippen LogP contribution >= 0.6 is 0 Å². The van der Waals surface area contributed by atoms with Crippen LogP contribution in [-0.4, -0.2) is 19.2 Å². The molecule has 4 aromatic rings. The molecule has 4 nitrogen and oxygen atoms in total. The minimum atomic E-state index is -0.449. The lowest BCUT2D eigenvalue weighted by Crippen LogP contribution is -2.11. The van der Waals surface area contributed by atoms with Crippen LogP contribution in [0.15, 0.2) is 91.0 Å². The Labute approximate surface area is 175 Å². The van der Waals surface area contributed by atoms with Crippen molar-refractivity contribution in [2.45, 2.75) is 6.92 Å². The first-order chi connectivity index (χ1) is 14.6. The predicted octanol–water partition coefficient (Wildman–Crippen LogP) is 5.93. The van der Waals surface area contributed by atoms with Crippen molar-refractivity contribution < 1.29 is 19.0 Å². The minimum Gasteiger partial charge on any atom is -0.490 e. The van der Waals surface area contributed by atoms with Crippen molar-refractivity contribution in [1.82, 2.24) is 0 Å². The summed E-state index contributed by atoms with van der Waals surface area (Å²) in [5.74, 6) is 1.61. The number of benzene rings is 4. The van der Waals surface area contributed by atoms with Gasteiger partial charge in [-0.2, -0.15) is 0 Å². The van der Waals surface area contributed by atoms with Gasteiger partial charge in [0.05, 0.1) is 0 Å². The summed E-state index contributed by atoms with van der Waals surface area (Å²) in [5, 5.41) is 3.37. The molecule has 0 aliphatic rings. The summed E-state index contributed by atoms with van der Waals surface area (Å²) >= 11 is 0. The zero-order valence-electron chi connectivity index (χ0n) is 16.8. The molecule has 0 saturated heterocycles. The molecular formula is C26H22O4. The molecular weight excluding hydrogens is 376 g/mol. The highest BCUT2D eigenvalue weighted by Crippen LogP contribution is 2.42. The van der Waals surface area contributed by atoms with Crippen LogP contribution in [0.4, 0.5) is 0 Å². The van der Waals surface area contributed by atoms with E-state index in [2.05, 4.69) is 6.58 Å². The van der Waals surface area contributed by atoms with Gasteiger partial charge in [-0.15, -0.1) is 0 Å². The van der Waals surface area contributed by atoms with Crippen LogP contribution in [0.3, 0.4) is 0 Å². The summed E-state index contributed by atoms with van der Waals surface area (Å²) in [6.45, 7) is 6.12. The first-order valence-corrected chi connectivity index (χ1v) is 9.77. The van der Waals surface area contributed by atoms with Gasteiger partial charge in [0, 0.05) is 27.1 Å². The van der Waals surface area contributed by atoms with E-state index in [1.54, 1.807) is 6.92 Å². The number of ether oxygens (including phenoxy) is 3. The van der Waals surface area contributed by atoms with Crippen molar-refractivity contribution in [3.05, 3.63) is 91.0 Å². The standard InChI is InChI=1S/C26H22O4/c1-18(2)26(27)30-25-22-14-8-6-12-20(22)24(21-13-7-9-15-23(21)25)29-17-16-28-19-10-4-3-5-11-19/h3-15H,1,16-17H2,2H3. The van der Waals surface area contributed by atoms with E-state index >= 15 is 0 Å². The SMILES string of the molecule is C=C(C)C(=O)Oc1c2ccccc2c(OCCOc2ccccc2)c2ccccc12. The van der Waals surface area contributed by atoms with Crippen molar-refractivity contribution in [2.24, 2.45) is 0 Å². The van der Waals surface area contributed by atoms with Gasteiger partial charge in [0.15, 0.2) is 0 Å². The Kier molecular flexibility index (Phi) is 5.66. The molecule has 0 radical (unpaired) electrons. The molecule has 0 aliphatic carbocycles. The maximum atomic E-state index is 12.3. The summed E-state index contributed by atoms with van der Waals surface area (Å²) < 4.78 is 17.7. The van der Waals surface area contributed by atoms with E-state index in [0.717, 1.165) is 33.0 Å². The minimum absolute atomic E-state index is 0.349. The fourth-order valence-electron chi connectivity index (χ4n) is 3.31. The monoisotopic (exact) mass is 398 g/mol. The van der Waals surface area contributed by atoms with Gasteiger partial charge < -0.3 is 14.2 Å². The molecule has 0 N–H and O–H groups in total. The zero-order chi connectivity index (χ0) is 20.9. The third-order valence-electron chi connectivity index (χ3n) is 4.72. The largest absolute Gasteiger partial charge is 0.490 e. The number of rotatable bonds is 7. The van der Waals surface area contributed by atoms with E-state index in [1.807, 2.05) is 78.9 Å². The Morgan fingerprint density at radius 1 is 0.700 bits per heavy atom. The van der Waals surface area contributed by atoms with E-state index in [9.17, 15) is 4.79 Å². The summed E-state index contributed by atoms with van der Waals surface area (Å²) in [6.07, 6.45) is 0. The normalized spacial score (nSPS) is 10.7. The fourth-order valence-corrected chi connectivity index (χ4v) is 3.31. The number of para-hydroxylation sites is 1. The highest BCUT2D eigenvalue weighted by Gasteiger charge is 2.18. The van der Waals surface area contributed by atoms with Crippen molar-refractivity contribution in [3.63, 3.8) is 0 Å². The van der Waals surface area contributed by atoms with Crippen LogP contribution in [0, 0.1) is 0 Å². The lowest BCUT2D eigenvalue weighted by atomic mass is 10.0. The molecule has 4 heteroatoms. The molecule has 0 heterocycles. The third-order valence-corrected chi connectivity index (χ3v) is 4.72. The summed E-state index contributed by atoms with van der Waals surface area (Å²) in [4.78, 5) is 12.3. The van der Waals surface area contributed by atoms with Crippen molar-refractivity contribution in [3.8, 4) is 17.2 Å². The van der Waals surface area contributed by atoms with Gasteiger partial charge in [0.2, 0.25) is 0 Å². The molecule has 0 unspecified atom stereocenters. The molecule has 4 aromatic carbocycles. The summed E-state index contributed by atoms with van der Waals surface area (Å²) in [5.41, 5.74) is 0.349. The molecule has 4 rings (SSSR count). The molecule has 0 bridgehead atoms. The topological polar surface area (TPSA) is 44.8 Å². The summed E-state index contributed by atoms with van der Waals surface area (Å²) in [7, 11) is 0. The van der Waals surface area contributed by atoms with E-state index < -0.39 is 5.97 Å². The maximum Gasteiger partial charge on any atom is 0.338 e. The van der Waals surface area contributed by atoms with Gasteiger partial charge in [-0.3, -0.25) is 0 Å². The van der Waals surface area contributed by atoms with Gasteiger partial charge >= 0.3 is 5.97 Å². The fraction of sp³-hybridized carbons (Fsp3) is 0.115. The Bertz CT molecular complexity index is 1150. The van der Waals surface area contributed by atoms with Crippen molar-refractivity contribution in [2.75, 3.05) is 13.2 Å². The highest BCUT2D eigenvalue weighted by molar-refractivity contribution is 6.12. The lowest BCUT2D eigenvalue weighted by molar-refractivity contribution is -0.129. The highest BCUT2D eigenvalue weighted by atomic mass is 16.5. The van der Waals surface area contributed by atoms with Crippen molar-refractivity contribution >= 4 is 27.5 Å². The van der Waals surface area contributed by atoms with Gasteiger partial charge in [-0.05, 0) is 19.1 Å². The Morgan fingerprint density at radius 2 is 1.17 bits per heavy atom. The van der Waals surface area contributed by atoms with Crippen LogP contribution in [0.25, 0.3) is 21.5 Å². The average Bonchev–Trinajstić information content (AvgIpc) is 2.78. The number of hydrogen-bond donors (Lipinski definition) is 0. The summed E-state index contributed by atoms with van der Waals surface area (Å²) in [6, 6.07) is 25.1. The van der Waals surface area contributed by atoms with Gasteiger partial charge in [-0.25, -0.2) is 4.79 Å². The van der Waals surface area contributed by atoms with E-state index in [1.165, 1.54) is 0 Å². The lowest BCUT2D eigenvalue weighted by Gasteiger charge is -2.17. The van der Waals surface area contributed by atoms with Gasteiger partial charge in [0.25, 0.3) is 0 Å². The molecule has 0 fully saturated rings. The maximum absolute atomic E-state index is 12.3. The van der Waals surface area contributed by atoms with Crippen LogP contribution in [0.2, 0.25) is 0 Å². The first-order valence-electron chi connectivity index (χ1n) is 9.77. The van der Waals surface area contributed by atoms with E-state index in [-0.39, 0.29) is 0 Å². The second-order valence-electron chi connectivity index (χ2n) is 6.93. The van der Waals surface area contributed by atoms with Crippen molar-refractivity contribution in [1.29, 1.82) is 0 Å². The first kappa shape index (κ1) is 19.5. The second kappa shape index (κ2) is 8.70. The van der Waals surface area contributed by atoms with Gasteiger partial charge in [0.1, 0.15) is 30.5 Å². The second-order valence-corrected chi connectivity index (χ2v) is 6.93. The Balaban J connectivity index is 1.70. The quantitative estimate of drug-likeness (QED) is 0.127. The smallest absolute Gasteiger partial charge is 0.338 e. The number of esters is 1. The van der Waals surface area contributed by atoms with Crippen LogP contribution in [0.5, 0.6) is 17.2 Å². The molecule has 30 heavy (non-hydrogen) atoms. The number of carbonyl (C=O) groups excluding carboxylic acids is 1. The van der Waals surface area contributed by atoms with Crippen LogP contribution < -0.4 is 14.2 Å². The number of carbonyl (C=O) groups is 1. The Morgan fingerprint density at radius 3 is 1.70 bits per heavy atom. The molecule has 0 amide bonds. The zero-order valence-corrected chi connectivity index (χ0v) is 16.8.